The third kappa shape index (κ3) is 3.59. The highest BCUT2D eigenvalue weighted by Crippen LogP contribution is 2.36. The lowest BCUT2D eigenvalue weighted by Gasteiger charge is -2.14. The molecule has 0 spiro atoms. The van der Waals surface area contributed by atoms with E-state index < -0.39 is 0 Å². The topological polar surface area (TPSA) is 49.8 Å². The van der Waals surface area contributed by atoms with Crippen molar-refractivity contribution < 1.29 is 0 Å². The fraction of sp³-hybridized carbons (Fsp3) is 0.0667. The number of hydrogen-bond donors (Lipinski definition) is 2. The van der Waals surface area contributed by atoms with Gasteiger partial charge in [-0.1, -0.05) is 59.7 Å². The molecule has 6 aromatic rings. The Morgan fingerprint density at radius 1 is 0.500 bits per heavy atom. The first-order chi connectivity index (χ1) is 16.7. The number of aryl methyl sites for hydroxylation is 2. The number of benzene rings is 4. The van der Waals surface area contributed by atoms with Gasteiger partial charge < -0.3 is 10.6 Å². The SMILES string of the molecule is Cc1ccc(Nc2ccnc3c2ccc2ccc4c(Nc5ccc(C)cc5)ccnc4c23)cc1. The van der Waals surface area contributed by atoms with E-state index in [-0.39, 0.29) is 0 Å². The van der Waals surface area contributed by atoms with Crippen LogP contribution in [0.3, 0.4) is 0 Å². The fourth-order valence-corrected chi connectivity index (χ4v) is 4.44. The number of aromatic nitrogens is 2. The molecule has 0 radical (unpaired) electrons. The second-order valence-electron chi connectivity index (χ2n) is 8.72. The Morgan fingerprint density at radius 2 is 0.941 bits per heavy atom. The molecule has 4 heteroatoms. The zero-order valence-electron chi connectivity index (χ0n) is 19.1. The van der Waals surface area contributed by atoms with Crippen LogP contribution in [0.25, 0.3) is 32.6 Å². The van der Waals surface area contributed by atoms with Crippen LogP contribution in [0, 0.1) is 13.8 Å². The summed E-state index contributed by atoms with van der Waals surface area (Å²) >= 11 is 0. The van der Waals surface area contributed by atoms with Crippen LogP contribution in [0.2, 0.25) is 0 Å². The van der Waals surface area contributed by atoms with E-state index in [4.69, 9.17) is 9.97 Å². The van der Waals surface area contributed by atoms with E-state index in [0.29, 0.717) is 0 Å². The van der Waals surface area contributed by atoms with Crippen molar-refractivity contribution in [2.24, 2.45) is 0 Å². The fourth-order valence-electron chi connectivity index (χ4n) is 4.44. The second-order valence-corrected chi connectivity index (χ2v) is 8.72. The van der Waals surface area contributed by atoms with Crippen molar-refractivity contribution in [1.82, 2.24) is 9.97 Å². The Kier molecular flexibility index (Phi) is 4.84. The van der Waals surface area contributed by atoms with E-state index in [0.717, 1.165) is 55.3 Å². The smallest absolute Gasteiger partial charge is 0.0823 e. The molecule has 4 nitrogen and oxygen atoms in total. The van der Waals surface area contributed by atoms with Gasteiger partial charge in [0.25, 0.3) is 0 Å². The summed E-state index contributed by atoms with van der Waals surface area (Å²) in [7, 11) is 0. The minimum Gasteiger partial charge on any atom is -0.355 e. The quantitative estimate of drug-likeness (QED) is 0.272. The number of rotatable bonds is 4. The molecule has 0 aliphatic rings. The predicted molar refractivity (Wildman–Crippen MR) is 143 cm³/mol. The van der Waals surface area contributed by atoms with E-state index in [1.54, 1.807) is 0 Å². The first kappa shape index (κ1) is 20.2. The molecule has 0 aliphatic carbocycles. The van der Waals surface area contributed by atoms with Gasteiger partial charge in [-0.25, -0.2) is 0 Å². The zero-order chi connectivity index (χ0) is 23.1. The monoisotopic (exact) mass is 440 g/mol. The molecule has 0 unspecified atom stereocenters. The lowest BCUT2D eigenvalue weighted by molar-refractivity contribution is 1.39. The lowest BCUT2D eigenvalue weighted by atomic mass is 10.0. The van der Waals surface area contributed by atoms with Gasteiger partial charge in [0.2, 0.25) is 0 Å². The standard InChI is InChI=1S/C30H24N4/c1-19-3-9-22(10-4-19)33-26-15-17-31-29-24(26)13-7-21-8-14-25-27(16-18-32-30(25)28(21)29)34-23-11-5-20(2)6-12-23/h3-18H,1-2H3,(H,31,33)(H,32,34). The summed E-state index contributed by atoms with van der Waals surface area (Å²) in [5, 5.41) is 11.5. The van der Waals surface area contributed by atoms with Gasteiger partial charge in [-0.2, -0.15) is 0 Å². The average molecular weight is 441 g/mol. The van der Waals surface area contributed by atoms with Gasteiger partial charge in [0.1, 0.15) is 0 Å². The molecular formula is C30H24N4. The molecule has 4 aromatic carbocycles. The van der Waals surface area contributed by atoms with Gasteiger partial charge in [-0.3, -0.25) is 9.97 Å². The molecule has 0 aliphatic heterocycles. The Bertz CT molecular complexity index is 1530. The highest BCUT2D eigenvalue weighted by atomic mass is 14.9. The van der Waals surface area contributed by atoms with Crippen LogP contribution in [-0.2, 0) is 0 Å². The minimum absolute atomic E-state index is 0.945. The van der Waals surface area contributed by atoms with Crippen molar-refractivity contribution >= 4 is 55.3 Å². The van der Waals surface area contributed by atoms with Crippen LogP contribution < -0.4 is 10.6 Å². The summed E-state index contributed by atoms with van der Waals surface area (Å²) in [5.41, 5.74) is 8.54. The highest BCUT2D eigenvalue weighted by molar-refractivity contribution is 6.21. The minimum atomic E-state index is 0.945. The molecule has 2 aromatic heterocycles. The molecule has 0 fully saturated rings. The molecule has 0 saturated heterocycles. The molecule has 6 rings (SSSR count). The number of fused-ring (bicyclic) bond motifs is 5. The summed E-state index contributed by atoms with van der Waals surface area (Å²) in [4.78, 5) is 9.60. The summed E-state index contributed by atoms with van der Waals surface area (Å²) in [6.07, 6.45) is 3.73. The predicted octanol–water partition coefficient (Wildman–Crippen LogP) is 8.04. The average Bonchev–Trinajstić information content (AvgIpc) is 2.86. The largest absolute Gasteiger partial charge is 0.355 e. The third-order valence-corrected chi connectivity index (χ3v) is 6.26. The normalized spacial score (nSPS) is 11.2. The summed E-state index contributed by atoms with van der Waals surface area (Å²) in [6, 6.07) is 29.5. The van der Waals surface area contributed by atoms with Gasteiger partial charge in [0, 0.05) is 51.3 Å². The molecule has 0 atom stereocenters. The van der Waals surface area contributed by atoms with Crippen LogP contribution in [0.1, 0.15) is 11.1 Å². The first-order valence-corrected chi connectivity index (χ1v) is 11.4. The van der Waals surface area contributed by atoms with Crippen LogP contribution in [0.5, 0.6) is 0 Å². The highest BCUT2D eigenvalue weighted by Gasteiger charge is 2.12. The molecule has 164 valence electrons. The number of pyridine rings is 2. The van der Waals surface area contributed by atoms with E-state index in [1.807, 2.05) is 24.5 Å². The summed E-state index contributed by atoms with van der Waals surface area (Å²) in [6.45, 7) is 4.19. The second kappa shape index (κ2) is 8.16. The van der Waals surface area contributed by atoms with Crippen LogP contribution in [0.15, 0.2) is 97.3 Å². The summed E-state index contributed by atoms with van der Waals surface area (Å²) in [5.74, 6) is 0. The van der Waals surface area contributed by atoms with Crippen molar-refractivity contribution in [3.8, 4) is 0 Å². The Morgan fingerprint density at radius 3 is 1.38 bits per heavy atom. The summed E-state index contributed by atoms with van der Waals surface area (Å²) < 4.78 is 0. The number of nitrogens with zero attached hydrogens (tertiary/aromatic N) is 2. The maximum Gasteiger partial charge on any atom is 0.0823 e. The van der Waals surface area contributed by atoms with Crippen LogP contribution in [-0.4, -0.2) is 9.97 Å². The molecular weight excluding hydrogens is 416 g/mol. The maximum atomic E-state index is 4.80. The molecule has 0 bridgehead atoms. The van der Waals surface area contributed by atoms with Crippen molar-refractivity contribution in [1.29, 1.82) is 0 Å². The van der Waals surface area contributed by atoms with E-state index in [2.05, 4.69) is 97.3 Å². The Balaban J connectivity index is 1.52. The number of anilines is 4. The zero-order valence-corrected chi connectivity index (χ0v) is 19.1. The molecule has 0 saturated carbocycles. The first-order valence-electron chi connectivity index (χ1n) is 11.4. The molecule has 2 heterocycles. The Labute approximate surface area is 198 Å². The van der Waals surface area contributed by atoms with Gasteiger partial charge in [-0.15, -0.1) is 0 Å². The van der Waals surface area contributed by atoms with Crippen LogP contribution in [0.4, 0.5) is 22.7 Å². The molecule has 34 heavy (non-hydrogen) atoms. The van der Waals surface area contributed by atoms with Gasteiger partial charge in [0.15, 0.2) is 0 Å². The van der Waals surface area contributed by atoms with Crippen molar-refractivity contribution in [3.05, 3.63) is 108 Å². The third-order valence-electron chi connectivity index (χ3n) is 6.26. The van der Waals surface area contributed by atoms with Gasteiger partial charge in [-0.05, 0) is 55.6 Å². The van der Waals surface area contributed by atoms with Gasteiger partial charge >= 0.3 is 0 Å². The van der Waals surface area contributed by atoms with Crippen molar-refractivity contribution in [3.63, 3.8) is 0 Å². The molecule has 0 amide bonds. The van der Waals surface area contributed by atoms with Crippen molar-refractivity contribution in [2.45, 2.75) is 13.8 Å². The number of hydrogen-bond acceptors (Lipinski definition) is 4. The lowest BCUT2D eigenvalue weighted by Crippen LogP contribution is -1.95. The molecule has 2 N–H and O–H groups in total. The Hall–Kier alpha value is -4.44. The van der Waals surface area contributed by atoms with Gasteiger partial charge in [0.05, 0.1) is 11.0 Å². The van der Waals surface area contributed by atoms with Crippen molar-refractivity contribution in [2.75, 3.05) is 10.6 Å². The maximum absolute atomic E-state index is 4.80. The van der Waals surface area contributed by atoms with Crippen LogP contribution >= 0.6 is 0 Å². The number of nitrogens with one attached hydrogen (secondary N) is 2. The van der Waals surface area contributed by atoms with E-state index in [1.165, 1.54) is 11.1 Å². The van der Waals surface area contributed by atoms with E-state index >= 15 is 0 Å². The van der Waals surface area contributed by atoms with E-state index in [9.17, 15) is 0 Å².